The molecule has 0 aliphatic carbocycles. The predicted molar refractivity (Wildman–Crippen MR) is 86.5 cm³/mol. The highest BCUT2D eigenvalue weighted by Gasteiger charge is 2.04. The number of carbonyl (C=O) groups excluding carboxylic acids is 1. The summed E-state index contributed by atoms with van der Waals surface area (Å²) in [6.45, 7) is 3.16. The maximum absolute atomic E-state index is 13.1. The molecule has 122 valence electrons. The summed E-state index contributed by atoms with van der Waals surface area (Å²) < 4.78 is 18.1. The number of halogens is 1. The van der Waals surface area contributed by atoms with Crippen LogP contribution in [0.3, 0.4) is 0 Å². The fourth-order valence-electron chi connectivity index (χ4n) is 1.46. The lowest BCUT2D eigenvalue weighted by Crippen LogP contribution is -2.36. The van der Waals surface area contributed by atoms with Gasteiger partial charge in [-0.1, -0.05) is 13.3 Å². The molecule has 0 radical (unpaired) electrons. The molecule has 1 rings (SSSR count). The highest BCUT2D eigenvalue weighted by atomic mass is 32.1. The molecule has 0 fully saturated rings. The monoisotopic (exact) mass is 329 g/mol. The summed E-state index contributed by atoms with van der Waals surface area (Å²) in [6.07, 6.45) is 1.34. The summed E-state index contributed by atoms with van der Waals surface area (Å²) in [7, 11) is 0. The zero-order chi connectivity index (χ0) is 16.4. The third kappa shape index (κ3) is 7.07. The van der Waals surface area contributed by atoms with E-state index in [1.807, 2.05) is 6.92 Å². The zero-order valence-electron chi connectivity index (χ0n) is 12.3. The maximum Gasteiger partial charge on any atom is 0.407 e. The smallest absolute Gasteiger partial charge is 0.407 e. The molecule has 0 aromatic heterocycles. The van der Waals surface area contributed by atoms with E-state index in [2.05, 4.69) is 16.0 Å². The number of benzene rings is 1. The molecule has 0 saturated heterocycles. The van der Waals surface area contributed by atoms with Crippen LogP contribution >= 0.6 is 12.2 Å². The molecule has 1 aromatic carbocycles. The van der Waals surface area contributed by atoms with Gasteiger partial charge >= 0.3 is 6.09 Å². The van der Waals surface area contributed by atoms with Gasteiger partial charge in [0.1, 0.15) is 0 Å². The minimum atomic E-state index is -0.732. The van der Waals surface area contributed by atoms with E-state index < -0.39 is 17.7 Å². The van der Waals surface area contributed by atoms with Crippen LogP contribution in [-0.2, 0) is 4.74 Å². The lowest BCUT2D eigenvalue weighted by atomic mass is 10.3. The topological polar surface area (TPSA) is 82.6 Å². The molecule has 6 nitrogen and oxygen atoms in total. The quantitative estimate of drug-likeness (QED) is 0.349. The maximum atomic E-state index is 13.1. The SMILES string of the molecule is CCCCOC(=O)NCCNC(=S)Nc1ccc(O)c(F)c1. The van der Waals surface area contributed by atoms with Crippen molar-refractivity contribution in [3.8, 4) is 5.75 Å². The second-order valence-corrected chi connectivity index (χ2v) is 4.87. The molecule has 22 heavy (non-hydrogen) atoms. The molecule has 0 aliphatic rings. The van der Waals surface area contributed by atoms with Crippen molar-refractivity contribution in [1.82, 2.24) is 10.6 Å². The summed E-state index contributed by atoms with van der Waals surface area (Å²) in [6, 6.07) is 3.86. The van der Waals surface area contributed by atoms with Gasteiger partial charge in [0.05, 0.1) is 6.61 Å². The Bertz CT molecular complexity index is 514. The van der Waals surface area contributed by atoms with E-state index in [0.29, 0.717) is 25.4 Å². The standard InChI is InChI=1S/C14H20FN3O3S/c1-2-3-8-21-14(20)17-7-6-16-13(22)18-10-4-5-12(19)11(15)9-10/h4-5,9,19H,2-3,6-8H2,1H3,(H,17,20)(H2,16,18,22). The lowest BCUT2D eigenvalue weighted by molar-refractivity contribution is 0.145. The minimum absolute atomic E-state index is 0.284. The zero-order valence-corrected chi connectivity index (χ0v) is 13.1. The van der Waals surface area contributed by atoms with E-state index in [0.717, 1.165) is 18.9 Å². The Morgan fingerprint density at radius 1 is 1.36 bits per heavy atom. The number of anilines is 1. The van der Waals surface area contributed by atoms with Gasteiger partial charge < -0.3 is 25.8 Å². The van der Waals surface area contributed by atoms with Crippen molar-refractivity contribution in [2.24, 2.45) is 0 Å². The van der Waals surface area contributed by atoms with Crippen molar-refractivity contribution in [3.05, 3.63) is 24.0 Å². The summed E-state index contributed by atoms with van der Waals surface area (Å²) in [5, 5.41) is 17.6. The number of carbonyl (C=O) groups is 1. The average molecular weight is 329 g/mol. The molecule has 8 heteroatoms. The molecule has 0 aliphatic heterocycles. The number of rotatable bonds is 7. The average Bonchev–Trinajstić information content (AvgIpc) is 2.48. The fraction of sp³-hybridized carbons (Fsp3) is 0.429. The van der Waals surface area contributed by atoms with Crippen molar-refractivity contribution in [3.63, 3.8) is 0 Å². The van der Waals surface area contributed by atoms with Crippen LogP contribution in [0.1, 0.15) is 19.8 Å². The highest BCUT2D eigenvalue weighted by molar-refractivity contribution is 7.80. The number of amides is 1. The van der Waals surface area contributed by atoms with E-state index in [1.165, 1.54) is 12.1 Å². The van der Waals surface area contributed by atoms with Crippen LogP contribution < -0.4 is 16.0 Å². The molecule has 4 N–H and O–H groups in total. The van der Waals surface area contributed by atoms with Gasteiger partial charge in [0, 0.05) is 24.8 Å². The molecule has 1 amide bonds. The van der Waals surface area contributed by atoms with E-state index >= 15 is 0 Å². The van der Waals surface area contributed by atoms with Gasteiger partial charge in [0.15, 0.2) is 16.7 Å². The molecular formula is C14H20FN3O3S. The molecule has 0 saturated carbocycles. The summed E-state index contributed by atoms with van der Waals surface area (Å²) in [5.74, 6) is -1.15. The van der Waals surface area contributed by atoms with Crippen molar-refractivity contribution < 1.29 is 19.0 Å². The van der Waals surface area contributed by atoms with E-state index in [9.17, 15) is 9.18 Å². The largest absolute Gasteiger partial charge is 0.505 e. The van der Waals surface area contributed by atoms with Crippen molar-refractivity contribution in [2.75, 3.05) is 25.0 Å². The van der Waals surface area contributed by atoms with Crippen molar-refractivity contribution in [2.45, 2.75) is 19.8 Å². The van der Waals surface area contributed by atoms with Crippen LogP contribution in [0.4, 0.5) is 14.9 Å². The number of nitrogens with one attached hydrogen (secondary N) is 3. The Kier molecular flexibility index (Phi) is 7.98. The number of alkyl carbamates (subject to hydrolysis) is 1. The third-order valence-corrected chi connectivity index (χ3v) is 2.86. The van der Waals surface area contributed by atoms with Gasteiger partial charge in [0.2, 0.25) is 0 Å². The van der Waals surface area contributed by atoms with Gasteiger partial charge in [0.25, 0.3) is 0 Å². The highest BCUT2D eigenvalue weighted by Crippen LogP contribution is 2.19. The number of phenols is 1. The normalized spacial score (nSPS) is 9.91. The first-order valence-electron chi connectivity index (χ1n) is 6.97. The van der Waals surface area contributed by atoms with Gasteiger partial charge in [-0.2, -0.15) is 0 Å². The molecule has 0 bridgehead atoms. The first kappa shape index (κ1) is 18.0. The molecule has 0 atom stereocenters. The molecule has 0 heterocycles. The van der Waals surface area contributed by atoms with Gasteiger partial charge in [-0.25, -0.2) is 9.18 Å². The molecular weight excluding hydrogens is 309 g/mol. The van der Waals surface area contributed by atoms with Crippen LogP contribution in [-0.4, -0.2) is 36.0 Å². The van der Waals surface area contributed by atoms with E-state index in [4.69, 9.17) is 22.1 Å². The van der Waals surface area contributed by atoms with Crippen molar-refractivity contribution >= 4 is 29.1 Å². The van der Waals surface area contributed by atoms with Crippen LogP contribution in [0.25, 0.3) is 0 Å². The Hall–Kier alpha value is -2.09. The number of thiocarbonyl (C=S) groups is 1. The number of ether oxygens (including phenoxy) is 1. The van der Waals surface area contributed by atoms with Gasteiger partial charge in [-0.15, -0.1) is 0 Å². The van der Waals surface area contributed by atoms with Crippen LogP contribution in [0.2, 0.25) is 0 Å². The Morgan fingerprint density at radius 2 is 2.09 bits per heavy atom. The first-order valence-corrected chi connectivity index (χ1v) is 7.37. The Morgan fingerprint density at radius 3 is 2.77 bits per heavy atom. The summed E-state index contributed by atoms with van der Waals surface area (Å²) >= 11 is 5.03. The first-order chi connectivity index (χ1) is 10.5. The van der Waals surface area contributed by atoms with Gasteiger partial charge in [-0.3, -0.25) is 0 Å². The minimum Gasteiger partial charge on any atom is -0.505 e. The summed E-state index contributed by atoms with van der Waals surface area (Å²) in [4.78, 5) is 11.2. The summed E-state index contributed by atoms with van der Waals surface area (Å²) in [5.41, 5.74) is 0.416. The number of aromatic hydroxyl groups is 1. The van der Waals surface area contributed by atoms with E-state index in [-0.39, 0.29) is 5.11 Å². The second-order valence-electron chi connectivity index (χ2n) is 4.46. The predicted octanol–water partition coefficient (Wildman–Crippen LogP) is 2.34. The third-order valence-electron chi connectivity index (χ3n) is 2.62. The number of unbranched alkanes of at least 4 members (excludes halogenated alkanes) is 1. The molecule has 0 unspecified atom stereocenters. The van der Waals surface area contributed by atoms with Crippen molar-refractivity contribution in [1.29, 1.82) is 0 Å². The van der Waals surface area contributed by atoms with Crippen LogP contribution in [0, 0.1) is 5.82 Å². The number of hydrogen-bond acceptors (Lipinski definition) is 4. The molecule has 1 aromatic rings. The van der Waals surface area contributed by atoms with Crippen LogP contribution in [0.5, 0.6) is 5.75 Å². The van der Waals surface area contributed by atoms with Crippen LogP contribution in [0.15, 0.2) is 18.2 Å². The fourth-order valence-corrected chi connectivity index (χ4v) is 1.68. The van der Waals surface area contributed by atoms with Gasteiger partial charge in [-0.05, 0) is 30.8 Å². The Labute approximate surface area is 134 Å². The number of phenolic OH excluding ortho intramolecular Hbond substituents is 1. The second kappa shape index (κ2) is 9.78. The van der Waals surface area contributed by atoms with E-state index in [1.54, 1.807) is 0 Å². The molecule has 0 spiro atoms. The number of hydrogen-bond donors (Lipinski definition) is 4. The Balaban J connectivity index is 2.18. The lowest BCUT2D eigenvalue weighted by Gasteiger charge is -2.11.